The minimum absolute atomic E-state index is 0.116. The topological polar surface area (TPSA) is 124 Å². The molecule has 10 atom stereocenters. The van der Waals surface area contributed by atoms with Gasteiger partial charge in [-0.15, -0.1) is 0 Å². The molecule has 0 saturated carbocycles. The number of aliphatic hydroxyl groups excluding tert-OH is 2. The molecule has 2 aliphatic rings. The van der Waals surface area contributed by atoms with E-state index in [0.717, 1.165) is 33.4 Å². The van der Waals surface area contributed by atoms with Crippen molar-refractivity contribution in [3.8, 4) is 0 Å². The second-order valence-electron chi connectivity index (χ2n) is 16.2. The molecule has 340 valence electrons. The molecular weight excluding hydrogens is 825 g/mol. The number of hydrogen-bond acceptors (Lipinski definition) is 11. The maximum absolute atomic E-state index is 11.5. The van der Waals surface area contributed by atoms with E-state index in [1.54, 1.807) is 0 Å². The Morgan fingerprint density at radius 1 is 0.354 bits per heavy atom. The molecule has 0 aromatic heterocycles. The Balaban J connectivity index is 1.16. The van der Waals surface area contributed by atoms with Crippen LogP contribution in [0.4, 0.5) is 0 Å². The van der Waals surface area contributed by atoms with E-state index in [0.29, 0.717) is 6.61 Å². The van der Waals surface area contributed by atoms with Gasteiger partial charge < -0.3 is 52.8 Å². The molecule has 11 nitrogen and oxygen atoms in total. The van der Waals surface area contributed by atoms with Gasteiger partial charge in [-0.3, -0.25) is 0 Å². The van der Waals surface area contributed by atoms with Crippen molar-refractivity contribution in [2.45, 2.75) is 101 Å². The van der Waals surface area contributed by atoms with Crippen LogP contribution in [0.25, 0.3) is 0 Å². The van der Waals surface area contributed by atoms with Crippen LogP contribution in [0.5, 0.6) is 0 Å². The maximum Gasteiger partial charge on any atom is 0.187 e. The lowest BCUT2D eigenvalue weighted by Crippen LogP contribution is -2.66. The fourth-order valence-corrected chi connectivity index (χ4v) is 8.12. The molecule has 6 aromatic carbocycles. The average molecular weight is 883 g/mol. The van der Waals surface area contributed by atoms with Crippen LogP contribution in [0.3, 0.4) is 0 Å². The first-order valence-corrected chi connectivity index (χ1v) is 22.3. The van der Waals surface area contributed by atoms with Crippen molar-refractivity contribution >= 4 is 0 Å². The van der Waals surface area contributed by atoms with E-state index in [1.807, 2.05) is 182 Å². The van der Waals surface area contributed by atoms with Crippen molar-refractivity contribution in [3.05, 3.63) is 215 Å². The molecular formula is C54H58O11. The third-order valence-corrected chi connectivity index (χ3v) is 11.5. The molecule has 2 heterocycles. The fourth-order valence-electron chi connectivity index (χ4n) is 8.12. The Morgan fingerprint density at radius 2 is 0.692 bits per heavy atom. The van der Waals surface area contributed by atoms with Gasteiger partial charge in [0.1, 0.15) is 48.8 Å². The summed E-state index contributed by atoms with van der Waals surface area (Å²) in [4.78, 5) is 0. The van der Waals surface area contributed by atoms with E-state index in [1.165, 1.54) is 0 Å². The summed E-state index contributed by atoms with van der Waals surface area (Å²) in [7, 11) is 0. The van der Waals surface area contributed by atoms with Gasteiger partial charge in [-0.25, -0.2) is 0 Å². The van der Waals surface area contributed by atoms with E-state index in [-0.39, 0.29) is 39.6 Å². The van der Waals surface area contributed by atoms with Gasteiger partial charge in [-0.2, -0.15) is 0 Å². The van der Waals surface area contributed by atoms with Crippen LogP contribution < -0.4 is 0 Å². The molecule has 0 spiro atoms. The van der Waals surface area contributed by atoms with Crippen molar-refractivity contribution in [2.75, 3.05) is 13.2 Å². The zero-order valence-electron chi connectivity index (χ0n) is 36.3. The molecule has 65 heavy (non-hydrogen) atoms. The number of ether oxygens (including phenoxy) is 9. The Bertz CT molecular complexity index is 2210. The van der Waals surface area contributed by atoms with Crippen molar-refractivity contribution in [3.63, 3.8) is 0 Å². The Kier molecular flexibility index (Phi) is 17.4. The summed E-state index contributed by atoms with van der Waals surface area (Å²) in [6.45, 7) is 0.970. The lowest BCUT2D eigenvalue weighted by Gasteiger charge is -2.49. The van der Waals surface area contributed by atoms with E-state index in [9.17, 15) is 10.2 Å². The SMILES string of the molecule is OCC1O[C@@H](O)[C@@H](OCc2ccccc2)[C@@H](OCc2ccccc2)[C@H]1O[C@H]1OC(COCc2ccccc2)[C@H](OCc2ccccc2)[C@H](OCc2ccccc2)[C@@H]1OCc1ccccc1. The smallest absolute Gasteiger partial charge is 0.187 e. The first-order chi connectivity index (χ1) is 32.1. The zero-order valence-corrected chi connectivity index (χ0v) is 36.3. The lowest BCUT2D eigenvalue weighted by molar-refractivity contribution is -0.373. The lowest BCUT2D eigenvalue weighted by atomic mass is 9.95. The molecule has 6 aromatic rings. The number of hydrogen-bond donors (Lipinski definition) is 2. The molecule has 0 amide bonds. The van der Waals surface area contributed by atoms with Crippen LogP contribution in [0.1, 0.15) is 33.4 Å². The van der Waals surface area contributed by atoms with Gasteiger partial charge in [-0.1, -0.05) is 182 Å². The Hall–Kier alpha value is -5.12. The normalized spacial score (nSPS) is 25.6. The highest BCUT2D eigenvalue weighted by atomic mass is 16.7. The molecule has 2 unspecified atom stereocenters. The third kappa shape index (κ3) is 13.3. The van der Waals surface area contributed by atoms with Crippen LogP contribution in [-0.2, 0) is 82.3 Å². The summed E-state index contributed by atoms with van der Waals surface area (Å²) >= 11 is 0. The number of benzene rings is 6. The van der Waals surface area contributed by atoms with Crippen LogP contribution in [0.15, 0.2) is 182 Å². The maximum atomic E-state index is 11.5. The first-order valence-electron chi connectivity index (χ1n) is 22.3. The molecule has 0 bridgehead atoms. The van der Waals surface area contributed by atoms with Crippen LogP contribution in [-0.4, -0.2) is 84.8 Å². The predicted octanol–water partition coefficient (Wildman–Crippen LogP) is 7.95. The highest BCUT2D eigenvalue weighted by Crippen LogP contribution is 2.36. The predicted molar refractivity (Wildman–Crippen MR) is 243 cm³/mol. The minimum atomic E-state index is -1.45. The summed E-state index contributed by atoms with van der Waals surface area (Å²) in [6.07, 6.45) is -9.81. The second kappa shape index (κ2) is 24.4. The van der Waals surface area contributed by atoms with Gasteiger partial charge in [0.05, 0.1) is 52.9 Å². The molecule has 2 saturated heterocycles. The van der Waals surface area contributed by atoms with Gasteiger partial charge >= 0.3 is 0 Å². The van der Waals surface area contributed by atoms with E-state index >= 15 is 0 Å². The van der Waals surface area contributed by atoms with Crippen LogP contribution >= 0.6 is 0 Å². The van der Waals surface area contributed by atoms with Crippen molar-refractivity contribution in [1.29, 1.82) is 0 Å². The molecule has 11 heteroatoms. The standard InChI is InChI=1S/C54H58O11/c55-31-45-48(50(60-35-42-25-13-4-14-26-42)51(53(56)63-45)61-36-43-27-15-5-16-28-43)65-54-52(62-37-44-29-17-6-18-30-44)49(59-34-41-23-11-3-12-24-41)47(58-33-40-21-9-2-10-22-40)46(64-54)38-57-32-39-19-7-1-8-20-39/h1-30,45-56H,31-38H2/t45?,46?,47-,48-,49-,50-,51-,52-,53+,54+/m0/s1. The number of rotatable bonds is 22. The summed E-state index contributed by atoms with van der Waals surface area (Å²) in [5, 5.41) is 22.5. The molecule has 0 radical (unpaired) electrons. The van der Waals surface area contributed by atoms with Crippen molar-refractivity contribution < 1.29 is 52.8 Å². The number of aliphatic hydroxyl groups is 2. The molecule has 2 aliphatic heterocycles. The summed E-state index contributed by atoms with van der Waals surface area (Å²) < 4.78 is 60.5. The van der Waals surface area contributed by atoms with E-state index in [4.69, 9.17) is 42.6 Å². The largest absolute Gasteiger partial charge is 0.394 e. The van der Waals surface area contributed by atoms with Crippen molar-refractivity contribution in [2.24, 2.45) is 0 Å². The highest BCUT2D eigenvalue weighted by Gasteiger charge is 2.54. The Morgan fingerprint density at radius 3 is 1.09 bits per heavy atom. The van der Waals surface area contributed by atoms with Crippen LogP contribution in [0, 0.1) is 0 Å². The van der Waals surface area contributed by atoms with Gasteiger partial charge in [0.15, 0.2) is 12.6 Å². The van der Waals surface area contributed by atoms with E-state index < -0.39 is 68.0 Å². The zero-order chi connectivity index (χ0) is 44.5. The van der Waals surface area contributed by atoms with Crippen LogP contribution in [0.2, 0.25) is 0 Å². The third-order valence-electron chi connectivity index (χ3n) is 11.5. The second-order valence-corrected chi connectivity index (χ2v) is 16.2. The van der Waals surface area contributed by atoms with E-state index in [2.05, 4.69) is 0 Å². The first kappa shape index (κ1) is 46.4. The monoisotopic (exact) mass is 882 g/mol. The van der Waals surface area contributed by atoms with Gasteiger partial charge in [0.25, 0.3) is 0 Å². The van der Waals surface area contributed by atoms with Gasteiger partial charge in [0.2, 0.25) is 0 Å². The molecule has 0 aliphatic carbocycles. The van der Waals surface area contributed by atoms with Gasteiger partial charge in [-0.05, 0) is 33.4 Å². The average Bonchev–Trinajstić information content (AvgIpc) is 3.36. The quantitative estimate of drug-likeness (QED) is 0.0691. The summed E-state index contributed by atoms with van der Waals surface area (Å²) in [5.74, 6) is 0. The summed E-state index contributed by atoms with van der Waals surface area (Å²) in [5.41, 5.74) is 5.66. The molecule has 2 fully saturated rings. The minimum Gasteiger partial charge on any atom is -0.394 e. The molecule has 8 rings (SSSR count). The molecule has 2 N–H and O–H groups in total. The van der Waals surface area contributed by atoms with Gasteiger partial charge in [0, 0.05) is 0 Å². The highest BCUT2D eigenvalue weighted by molar-refractivity contribution is 5.18. The fraction of sp³-hybridized carbons (Fsp3) is 0.333. The van der Waals surface area contributed by atoms with Crippen molar-refractivity contribution in [1.82, 2.24) is 0 Å². The Labute approximate surface area is 381 Å². The summed E-state index contributed by atoms with van der Waals surface area (Å²) in [6, 6.07) is 59.0.